The summed E-state index contributed by atoms with van der Waals surface area (Å²) >= 11 is 0. The number of allylic oxidation sites excluding steroid dienone is 1. The van der Waals surface area contributed by atoms with E-state index in [1.165, 1.54) is 12.1 Å². The Hall–Kier alpha value is -2.00. The van der Waals surface area contributed by atoms with Crippen LogP contribution in [0.3, 0.4) is 0 Å². The maximum atomic E-state index is 11.8. The average Bonchev–Trinajstić information content (AvgIpc) is 2.93. The number of benzene rings is 1. The third-order valence-corrected chi connectivity index (χ3v) is 5.53. The van der Waals surface area contributed by atoms with Gasteiger partial charge in [0.1, 0.15) is 11.5 Å². The number of hydrogen-bond acceptors (Lipinski definition) is 4. The summed E-state index contributed by atoms with van der Waals surface area (Å²) < 4.78 is 0. The second-order valence-electron chi connectivity index (χ2n) is 4.18. The molecule has 19 heavy (non-hydrogen) atoms. The standard InChI is InChI=1S/C13H12N2O3S/c14-9-12(16)13(19-7-1-2-8-19)10-3-5-11(6-4-10)15(17)18/h3-6H,1-2,7-8H2/b13-12+. The van der Waals surface area contributed by atoms with E-state index in [1.807, 2.05) is 0 Å². The van der Waals surface area contributed by atoms with E-state index < -0.39 is 10.7 Å². The first-order valence-corrected chi connectivity index (χ1v) is 7.43. The molecular weight excluding hydrogens is 264 g/mol. The van der Waals surface area contributed by atoms with Crippen LogP contribution in [0.5, 0.6) is 0 Å². The highest BCUT2D eigenvalue weighted by Gasteiger charge is 2.31. The second kappa shape index (κ2) is 5.76. The van der Waals surface area contributed by atoms with Crippen LogP contribution in [0, 0.1) is 21.4 Å². The van der Waals surface area contributed by atoms with Crippen molar-refractivity contribution in [2.45, 2.75) is 12.8 Å². The molecule has 1 fully saturated rings. The lowest BCUT2D eigenvalue weighted by Crippen LogP contribution is -2.14. The number of hydrogen-bond donors (Lipinski definition) is 0. The van der Waals surface area contributed by atoms with Gasteiger partial charge >= 0.3 is 0 Å². The van der Waals surface area contributed by atoms with E-state index in [2.05, 4.69) is 0 Å². The summed E-state index contributed by atoms with van der Waals surface area (Å²) in [5, 5.41) is 31.2. The highest BCUT2D eigenvalue weighted by molar-refractivity contribution is 8.05. The molecule has 1 aliphatic rings. The Bertz CT molecular complexity index is 554. The summed E-state index contributed by atoms with van der Waals surface area (Å²) in [5.74, 6) is 1.35. The Kier molecular flexibility index (Phi) is 4.07. The van der Waals surface area contributed by atoms with Gasteiger partial charge in [0, 0.05) is 34.4 Å². The maximum Gasteiger partial charge on any atom is 0.269 e. The lowest BCUT2D eigenvalue weighted by Gasteiger charge is -2.11. The SMILES string of the molecule is N#C/C([O-])=C(/c1ccc([N+](=O)[O-])cc1)[S+]1CCCC1. The van der Waals surface area contributed by atoms with Crippen molar-refractivity contribution in [2.75, 3.05) is 11.5 Å². The highest BCUT2D eigenvalue weighted by atomic mass is 32.2. The molecule has 5 nitrogen and oxygen atoms in total. The second-order valence-corrected chi connectivity index (χ2v) is 6.39. The number of nitrogens with zero attached hydrogens (tertiary/aromatic N) is 2. The van der Waals surface area contributed by atoms with Crippen LogP contribution in [0.25, 0.3) is 4.91 Å². The number of nitriles is 1. The van der Waals surface area contributed by atoms with Crippen molar-refractivity contribution in [3.63, 3.8) is 0 Å². The molecule has 2 rings (SSSR count). The number of nitro benzene ring substituents is 1. The number of rotatable bonds is 3. The normalized spacial score (nSPS) is 16.8. The van der Waals surface area contributed by atoms with Crippen LogP contribution in [0.2, 0.25) is 0 Å². The van der Waals surface area contributed by atoms with Gasteiger partial charge in [0.2, 0.25) is 0 Å². The Balaban J connectivity index is 2.39. The molecule has 1 saturated heterocycles. The predicted molar refractivity (Wildman–Crippen MR) is 72.0 cm³/mol. The van der Waals surface area contributed by atoms with Crippen LogP contribution in [0.15, 0.2) is 30.0 Å². The molecule has 1 aliphatic heterocycles. The number of non-ortho nitro benzene ring substituents is 1. The van der Waals surface area contributed by atoms with Gasteiger partial charge in [0.25, 0.3) is 5.69 Å². The fourth-order valence-corrected chi connectivity index (χ4v) is 4.57. The van der Waals surface area contributed by atoms with Crippen LogP contribution in [0.1, 0.15) is 18.4 Å². The monoisotopic (exact) mass is 276 g/mol. The van der Waals surface area contributed by atoms with Gasteiger partial charge in [-0.15, -0.1) is 0 Å². The van der Waals surface area contributed by atoms with Crippen LogP contribution < -0.4 is 5.11 Å². The number of nitro groups is 1. The van der Waals surface area contributed by atoms with Gasteiger partial charge in [0.15, 0.2) is 4.91 Å². The zero-order valence-corrected chi connectivity index (χ0v) is 11.0. The van der Waals surface area contributed by atoms with Gasteiger partial charge in [-0.2, -0.15) is 5.26 Å². The molecule has 0 spiro atoms. The lowest BCUT2D eigenvalue weighted by atomic mass is 10.2. The van der Waals surface area contributed by atoms with Crippen molar-refractivity contribution in [1.82, 2.24) is 0 Å². The van der Waals surface area contributed by atoms with E-state index in [0.717, 1.165) is 24.3 Å². The molecule has 6 heteroatoms. The molecule has 0 N–H and O–H groups in total. The van der Waals surface area contributed by atoms with E-state index in [1.54, 1.807) is 18.2 Å². The molecule has 0 unspecified atom stereocenters. The van der Waals surface area contributed by atoms with Gasteiger partial charge in [-0.25, -0.2) is 0 Å². The molecule has 1 heterocycles. The molecule has 1 aromatic rings. The van der Waals surface area contributed by atoms with E-state index in [9.17, 15) is 15.2 Å². The van der Waals surface area contributed by atoms with Gasteiger partial charge in [0.05, 0.1) is 11.0 Å². The quantitative estimate of drug-likeness (QED) is 0.275. The minimum atomic E-state index is -0.515. The van der Waals surface area contributed by atoms with Crippen LogP contribution in [0.4, 0.5) is 5.69 Å². The van der Waals surface area contributed by atoms with Crippen molar-refractivity contribution in [3.05, 3.63) is 45.7 Å². The van der Waals surface area contributed by atoms with Gasteiger partial charge in [-0.1, -0.05) is 0 Å². The largest absolute Gasteiger partial charge is 0.861 e. The summed E-state index contributed by atoms with van der Waals surface area (Å²) in [6.45, 7) is 0. The molecule has 0 amide bonds. The van der Waals surface area contributed by atoms with Gasteiger partial charge in [-0.3, -0.25) is 10.1 Å². The molecule has 0 bridgehead atoms. The Labute approximate surface area is 113 Å². The first-order valence-electron chi connectivity index (χ1n) is 5.87. The highest BCUT2D eigenvalue weighted by Crippen LogP contribution is 2.31. The van der Waals surface area contributed by atoms with E-state index in [0.29, 0.717) is 10.5 Å². The summed E-state index contributed by atoms with van der Waals surface area (Å²) in [6.07, 6.45) is 2.14. The summed E-state index contributed by atoms with van der Waals surface area (Å²) in [4.78, 5) is 10.7. The third kappa shape index (κ3) is 2.88. The van der Waals surface area contributed by atoms with Crippen LogP contribution in [-0.2, 0) is 10.9 Å². The minimum absolute atomic E-state index is 0.0118. The minimum Gasteiger partial charge on any atom is -0.861 e. The zero-order valence-electron chi connectivity index (χ0n) is 10.2. The van der Waals surface area contributed by atoms with Gasteiger partial charge in [-0.05, 0) is 25.0 Å². The van der Waals surface area contributed by atoms with Crippen LogP contribution in [-0.4, -0.2) is 16.4 Å². The molecule has 0 saturated carbocycles. The van der Waals surface area contributed by atoms with Crippen molar-refractivity contribution in [1.29, 1.82) is 5.26 Å². The maximum absolute atomic E-state index is 11.8. The molecule has 98 valence electrons. The average molecular weight is 276 g/mol. The fourth-order valence-electron chi connectivity index (χ4n) is 2.07. The molecule has 1 aromatic carbocycles. The van der Waals surface area contributed by atoms with Crippen molar-refractivity contribution < 1.29 is 10.0 Å². The van der Waals surface area contributed by atoms with Crippen molar-refractivity contribution >= 4 is 21.5 Å². The first kappa shape index (κ1) is 13.4. The predicted octanol–water partition coefficient (Wildman–Crippen LogP) is 1.56. The summed E-state index contributed by atoms with van der Waals surface area (Å²) in [7, 11) is -0.189. The van der Waals surface area contributed by atoms with Crippen molar-refractivity contribution in [2.24, 2.45) is 0 Å². The van der Waals surface area contributed by atoms with E-state index in [-0.39, 0.29) is 16.6 Å². The molecular formula is C13H12N2O3S. The van der Waals surface area contributed by atoms with E-state index >= 15 is 0 Å². The third-order valence-electron chi connectivity index (χ3n) is 2.97. The lowest BCUT2D eigenvalue weighted by molar-refractivity contribution is -0.384. The van der Waals surface area contributed by atoms with Gasteiger partial charge < -0.3 is 5.11 Å². The molecule has 0 atom stereocenters. The van der Waals surface area contributed by atoms with E-state index in [4.69, 9.17) is 5.26 Å². The smallest absolute Gasteiger partial charge is 0.269 e. The molecule has 0 aliphatic carbocycles. The topological polar surface area (TPSA) is 90.0 Å². The molecule has 0 radical (unpaired) electrons. The van der Waals surface area contributed by atoms with Crippen molar-refractivity contribution in [3.8, 4) is 6.07 Å². The summed E-state index contributed by atoms with van der Waals surface area (Å²) in [5.41, 5.74) is 0.629. The Morgan fingerprint density at radius 2 is 1.84 bits per heavy atom. The Morgan fingerprint density at radius 3 is 2.32 bits per heavy atom. The fraction of sp³-hybridized carbons (Fsp3) is 0.308. The summed E-state index contributed by atoms with van der Waals surface area (Å²) in [6, 6.07) is 7.55. The first-order chi connectivity index (χ1) is 9.13. The van der Waals surface area contributed by atoms with Crippen LogP contribution >= 0.6 is 0 Å². The zero-order chi connectivity index (χ0) is 13.8. The molecule has 0 aromatic heterocycles. The Morgan fingerprint density at radius 1 is 1.26 bits per heavy atom.